The number of rotatable bonds is 7. The highest BCUT2D eigenvalue weighted by Crippen LogP contribution is 2.31. The molecule has 0 unspecified atom stereocenters. The molecule has 1 amide bonds. The van der Waals surface area contributed by atoms with Crippen molar-refractivity contribution >= 4 is 32.5 Å². The Bertz CT molecular complexity index is 1460. The number of benzene rings is 3. The van der Waals surface area contributed by atoms with Crippen LogP contribution in [0.2, 0.25) is 0 Å². The van der Waals surface area contributed by atoms with E-state index in [4.69, 9.17) is 4.74 Å². The molecule has 3 aromatic carbocycles. The van der Waals surface area contributed by atoms with Gasteiger partial charge < -0.3 is 15.0 Å². The highest BCUT2D eigenvalue weighted by molar-refractivity contribution is 7.92. The lowest BCUT2D eigenvalue weighted by molar-refractivity contribution is 0.0951. The molecular formula is C26H27N3O4S. The zero-order valence-electron chi connectivity index (χ0n) is 19.5. The highest BCUT2D eigenvalue weighted by Gasteiger charge is 2.24. The Morgan fingerprint density at radius 3 is 2.44 bits per heavy atom. The highest BCUT2D eigenvalue weighted by atomic mass is 32.2. The first kappa shape index (κ1) is 23.4. The molecule has 0 saturated heterocycles. The zero-order valence-corrected chi connectivity index (χ0v) is 20.4. The van der Waals surface area contributed by atoms with Gasteiger partial charge in [-0.3, -0.25) is 9.10 Å². The minimum atomic E-state index is -3.83. The van der Waals surface area contributed by atoms with E-state index in [0.717, 1.165) is 22.2 Å². The Kier molecular flexibility index (Phi) is 6.34. The van der Waals surface area contributed by atoms with Crippen LogP contribution in [0.1, 0.15) is 27.2 Å². The summed E-state index contributed by atoms with van der Waals surface area (Å²) < 4.78 is 32.6. The van der Waals surface area contributed by atoms with Crippen LogP contribution in [0.25, 0.3) is 10.9 Å². The first-order chi connectivity index (χ1) is 16.2. The second kappa shape index (κ2) is 9.23. The number of nitrogens with one attached hydrogen (secondary N) is 2. The molecule has 1 heterocycles. The van der Waals surface area contributed by atoms with Crippen molar-refractivity contribution in [3.63, 3.8) is 0 Å². The number of amides is 1. The monoisotopic (exact) mass is 477 g/mol. The van der Waals surface area contributed by atoms with Crippen LogP contribution in [0.3, 0.4) is 0 Å². The third kappa shape index (κ3) is 4.36. The van der Waals surface area contributed by atoms with E-state index in [1.165, 1.54) is 48.3 Å². The first-order valence-corrected chi connectivity index (χ1v) is 12.2. The summed E-state index contributed by atoms with van der Waals surface area (Å²) in [6, 6.07) is 18.8. The molecule has 176 valence electrons. The molecule has 7 nitrogen and oxygen atoms in total. The van der Waals surface area contributed by atoms with Crippen LogP contribution in [-0.2, 0) is 16.6 Å². The minimum Gasteiger partial charge on any atom is -0.495 e. The molecule has 0 aliphatic rings. The van der Waals surface area contributed by atoms with Crippen molar-refractivity contribution in [3.05, 3.63) is 89.1 Å². The van der Waals surface area contributed by atoms with Gasteiger partial charge in [-0.1, -0.05) is 18.2 Å². The van der Waals surface area contributed by atoms with Gasteiger partial charge in [-0.15, -0.1) is 0 Å². The normalized spacial score (nSPS) is 11.4. The number of anilines is 1. The maximum atomic E-state index is 13.1. The average molecular weight is 478 g/mol. The molecule has 2 N–H and O–H groups in total. The van der Waals surface area contributed by atoms with E-state index in [1.807, 2.05) is 19.1 Å². The van der Waals surface area contributed by atoms with Crippen LogP contribution < -0.4 is 14.4 Å². The quantitative estimate of drug-likeness (QED) is 0.409. The van der Waals surface area contributed by atoms with Gasteiger partial charge in [0, 0.05) is 35.8 Å². The van der Waals surface area contributed by atoms with Crippen LogP contribution in [0, 0.1) is 13.8 Å². The van der Waals surface area contributed by atoms with Gasteiger partial charge in [0.25, 0.3) is 15.9 Å². The summed E-state index contributed by atoms with van der Waals surface area (Å²) in [5, 5.41) is 4.04. The van der Waals surface area contributed by atoms with Gasteiger partial charge in [-0.25, -0.2) is 8.42 Å². The molecule has 4 aromatic rings. The van der Waals surface area contributed by atoms with E-state index in [-0.39, 0.29) is 10.8 Å². The molecule has 0 spiro atoms. The van der Waals surface area contributed by atoms with Gasteiger partial charge in [0.15, 0.2) is 0 Å². The third-order valence-electron chi connectivity index (χ3n) is 6.03. The number of H-pyrrole nitrogens is 1. The Hall–Kier alpha value is -3.78. The molecule has 0 radical (unpaired) electrons. The maximum absolute atomic E-state index is 13.1. The van der Waals surface area contributed by atoms with Crippen molar-refractivity contribution in [1.82, 2.24) is 10.3 Å². The second-order valence-electron chi connectivity index (χ2n) is 8.11. The van der Waals surface area contributed by atoms with E-state index < -0.39 is 10.0 Å². The Morgan fingerprint density at radius 1 is 1.03 bits per heavy atom. The molecule has 1 aromatic heterocycles. The largest absolute Gasteiger partial charge is 0.495 e. The number of aromatic nitrogens is 1. The van der Waals surface area contributed by atoms with Gasteiger partial charge in [0.1, 0.15) is 5.75 Å². The average Bonchev–Trinajstić information content (AvgIpc) is 3.14. The van der Waals surface area contributed by atoms with E-state index in [1.54, 1.807) is 24.3 Å². The number of ether oxygens (including phenoxy) is 1. The van der Waals surface area contributed by atoms with Crippen LogP contribution in [-0.4, -0.2) is 33.5 Å². The van der Waals surface area contributed by atoms with Gasteiger partial charge in [0.05, 0.1) is 17.7 Å². The smallest absolute Gasteiger partial charge is 0.264 e. The molecule has 0 aliphatic carbocycles. The van der Waals surface area contributed by atoms with Gasteiger partial charge in [-0.2, -0.15) is 0 Å². The summed E-state index contributed by atoms with van der Waals surface area (Å²) >= 11 is 0. The van der Waals surface area contributed by atoms with Gasteiger partial charge in [0.2, 0.25) is 0 Å². The van der Waals surface area contributed by atoms with Crippen molar-refractivity contribution in [3.8, 4) is 5.75 Å². The van der Waals surface area contributed by atoms with E-state index in [0.29, 0.717) is 23.5 Å². The van der Waals surface area contributed by atoms with Crippen molar-refractivity contribution in [2.45, 2.75) is 25.3 Å². The molecule has 34 heavy (non-hydrogen) atoms. The number of methoxy groups -OCH3 is 1. The summed E-state index contributed by atoms with van der Waals surface area (Å²) in [7, 11) is -0.865. The standard InChI is InChI=1S/C26H27N3O4S/c1-17-18(2)28-23-14-9-19(15-22(17)23)16-27-26(30)20-10-12-21(13-11-20)34(31,32)29(3)24-7-5-6-8-25(24)33-4/h5-15,28H,16H2,1-4H3,(H,27,30). The van der Waals surface area contributed by atoms with Crippen molar-refractivity contribution < 1.29 is 17.9 Å². The minimum absolute atomic E-state index is 0.0845. The molecule has 0 saturated carbocycles. The fourth-order valence-corrected chi connectivity index (χ4v) is 5.06. The van der Waals surface area contributed by atoms with Crippen LogP contribution >= 0.6 is 0 Å². The number of hydrogen-bond donors (Lipinski definition) is 2. The van der Waals surface area contributed by atoms with Crippen LogP contribution in [0.4, 0.5) is 5.69 Å². The SMILES string of the molecule is COc1ccccc1N(C)S(=O)(=O)c1ccc(C(=O)NCc2ccc3[nH]c(C)c(C)c3c2)cc1. The number of carbonyl (C=O) groups excluding carboxylic acids is 1. The summed E-state index contributed by atoms with van der Waals surface area (Å²) in [5.74, 6) is 0.178. The molecule has 0 aliphatic heterocycles. The van der Waals surface area contributed by atoms with Crippen LogP contribution in [0.5, 0.6) is 5.75 Å². The molecular weight excluding hydrogens is 450 g/mol. The van der Waals surface area contributed by atoms with Gasteiger partial charge >= 0.3 is 0 Å². The summed E-state index contributed by atoms with van der Waals surface area (Å²) in [5.41, 5.74) is 5.19. The van der Waals surface area contributed by atoms with Crippen molar-refractivity contribution in [2.75, 3.05) is 18.5 Å². The lowest BCUT2D eigenvalue weighted by Gasteiger charge is -2.21. The number of hydrogen-bond acceptors (Lipinski definition) is 4. The van der Waals surface area contributed by atoms with Crippen molar-refractivity contribution in [1.29, 1.82) is 0 Å². The molecule has 0 bridgehead atoms. The Morgan fingerprint density at radius 2 is 1.74 bits per heavy atom. The van der Waals surface area contributed by atoms with Crippen LogP contribution in [0.15, 0.2) is 71.6 Å². The Balaban J connectivity index is 1.47. The predicted molar refractivity (Wildman–Crippen MR) is 134 cm³/mol. The molecule has 4 rings (SSSR count). The van der Waals surface area contributed by atoms with E-state index >= 15 is 0 Å². The number of fused-ring (bicyclic) bond motifs is 1. The van der Waals surface area contributed by atoms with Gasteiger partial charge in [-0.05, 0) is 73.5 Å². The summed E-state index contributed by atoms with van der Waals surface area (Å²) in [4.78, 5) is 16.1. The number of nitrogens with zero attached hydrogens (tertiary/aromatic N) is 1. The zero-order chi connectivity index (χ0) is 24.5. The van der Waals surface area contributed by atoms with E-state index in [2.05, 4.69) is 23.3 Å². The summed E-state index contributed by atoms with van der Waals surface area (Å²) in [6.45, 7) is 4.47. The molecule has 8 heteroatoms. The maximum Gasteiger partial charge on any atom is 0.264 e. The lowest BCUT2D eigenvalue weighted by Crippen LogP contribution is -2.27. The number of aryl methyl sites for hydroxylation is 2. The topological polar surface area (TPSA) is 91.5 Å². The third-order valence-corrected chi connectivity index (χ3v) is 7.81. The fourth-order valence-electron chi connectivity index (χ4n) is 3.86. The lowest BCUT2D eigenvalue weighted by atomic mass is 10.1. The number of sulfonamides is 1. The Labute approximate surface area is 199 Å². The second-order valence-corrected chi connectivity index (χ2v) is 10.1. The molecule has 0 fully saturated rings. The number of aromatic amines is 1. The first-order valence-electron chi connectivity index (χ1n) is 10.8. The fraction of sp³-hybridized carbons (Fsp3) is 0.192. The predicted octanol–water partition coefficient (Wildman–Crippen LogP) is 4.55. The van der Waals surface area contributed by atoms with E-state index in [9.17, 15) is 13.2 Å². The van der Waals surface area contributed by atoms with Crippen molar-refractivity contribution in [2.24, 2.45) is 0 Å². The molecule has 0 atom stereocenters. The number of carbonyl (C=O) groups is 1. The summed E-state index contributed by atoms with van der Waals surface area (Å²) in [6.07, 6.45) is 0. The number of para-hydroxylation sites is 2.